The fraction of sp³-hybridized carbons (Fsp3) is 0.208. The zero-order chi connectivity index (χ0) is 21.8. The Bertz CT molecular complexity index is 1090. The molecule has 30 heavy (non-hydrogen) atoms. The fourth-order valence-corrected chi connectivity index (χ4v) is 3.31. The number of hydrogen-bond donors (Lipinski definition) is 2. The highest BCUT2D eigenvalue weighted by Crippen LogP contribution is 2.30. The first-order chi connectivity index (χ1) is 14.3. The van der Waals surface area contributed by atoms with Crippen LogP contribution in [0.25, 0.3) is 5.57 Å². The number of nitrogens with two attached hydrogens (primary N) is 1. The second-order valence-corrected chi connectivity index (χ2v) is 7.27. The van der Waals surface area contributed by atoms with E-state index in [0.29, 0.717) is 22.9 Å². The van der Waals surface area contributed by atoms with Crippen molar-refractivity contribution in [1.29, 1.82) is 0 Å². The third kappa shape index (κ3) is 4.49. The molecule has 6 nitrogen and oxygen atoms in total. The van der Waals surface area contributed by atoms with E-state index >= 15 is 0 Å². The van der Waals surface area contributed by atoms with Crippen LogP contribution < -0.4 is 11.1 Å². The van der Waals surface area contributed by atoms with E-state index in [4.69, 9.17) is 10.5 Å². The number of aryl methyl sites for hydroxylation is 3. The van der Waals surface area contributed by atoms with Crippen molar-refractivity contribution in [1.82, 2.24) is 9.97 Å². The quantitative estimate of drug-likeness (QED) is 0.603. The Kier molecular flexibility index (Phi) is 6.16. The predicted octanol–water partition coefficient (Wildman–Crippen LogP) is 4.67. The van der Waals surface area contributed by atoms with Crippen molar-refractivity contribution in [3.63, 3.8) is 0 Å². The summed E-state index contributed by atoms with van der Waals surface area (Å²) in [6.45, 7) is 7.86. The van der Waals surface area contributed by atoms with Crippen molar-refractivity contribution in [3.05, 3.63) is 88.0 Å². The zero-order valence-corrected chi connectivity index (χ0v) is 17.9. The molecule has 0 amide bonds. The third-order valence-electron chi connectivity index (χ3n) is 4.79. The Morgan fingerprint density at radius 2 is 1.63 bits per heavy atom. The first-order valence-electron chi connectivity index (χ1n) is 9.64. The van der Waals surface area contributed by atoms with Crippen LogP contribution in [0.5, 0.6) is 0 Å². The van der Waals surface area contributed by atoms with Gasteiger partial charge in [-0.2, -0.15) is 0 Å². The monoisotopic (exact) mass is 402 g/mol. The normalized spacial score (nSPS) is 11.6. The van der Waals surface area contributed by atoms with Gasteiger partial charge in [0.15, 0.2) is 11.5 Å². The van der Waals surface area contributed by atoms with Gasteiger partial charge >= 0.3 is 5.97 Å². The van der Waals surface area contributed by atoms with Crippen molar-refractivity contribution < 1.29 is 9.53 Å². The van der Waals surface area contributed by atoms with Crippen molar-refractivity contribution in [2.45, 2.75) is 27.7 Å². The number of anilines is 2. The molecule has 0 aliphatic rings. The molecule has 1 aromatic heterocycles. The number of hydrogen-bond acceptors (Lipinski definition) is 6. The van der Waals surface area contributed by atoms with Crippen LogP contribution in [0.15, 0.2) is 54.2 Å². The third-order valence-corrected chi connectivity index (χ3v) is 4.79. The predicted molar refractivity (Wildman–Crippen MR) is 120 cm³/mol. The highest BCUT2D eigenvalue weighted by atomic mass is 16.5. The molecule has 6 heteroatoms. The lowest BCUT2D eigenvalue weighted by Gasteiger charge is -2.16. The number of aromatic nitrogens is 2. The molecule has 0 spiro atoms. The summed E-state index contributed by atoms with van der Waals surface area (Å²) in [5.41, 5.74) is 12.8. The smallest absolute Gasteiger partial charge is 0.356 e. The highest BCUT2D eigenvalue weighted by molar-refractivity contribution is 5.90. The maximum Gasteiger partial charge on any atom is 0.356 e. The van der Waals surface area contributed by atoms with Gasteiger partial charge in [-0.25, -0.2) is 14.8 Å². The molecule has 1 heterocycles. The zero-order valence-electron chi connectivity index (χ0n) is 17.9. The number of ether oxygens (including phenoxy) is 1. The minimum absolute atomic E-state index is 0.155. The maximum atomic E-state index is 12.3. The topological polar surface area (TPSA) is 90.1 Å². The first kappa shape index (κ1) is 21.0. The van der Waals surface area contributed by atoms with E-state index in [2.05, 4.69) is 15.3 Å². The lowest BCUT2D eigenvalue weighted by atomic mass is 9.94. The molecule has 154 valence electrons. The van der Waals surface area contributed by atoms with E-state index in [9.17, 15) is 4.79 Å². The van der Waals surface area contributed by atoms with Crippen LogP contribution in [-0.4, -0.2) is 23.0 Å². The van der Waals surface area contributed by atoms with Crippen LogP contribution in [0.2, 0.25) is 0 Å². The van der Waals surface area contributed by atoms with Gasteiger partial charge in [0.2, 0.25) is 0 Å². The fourth-order valence-electron chi connectivity index (χ4n) is 3.31. The average molecular weight is 402 g/mol. The van der Waals surface area contributed by atoms with E-state index in [1.165, 1.54) is 7.11 Å². The first-order valence-corrected chi connectivity index (χ1v) is 9.64. The van der Waals surface area contributed by atoms with Crippen molar-refractivity contribution in [3.8, 4) is 0 Å². The van der Waals surface area contributed by atoms with Crippen LogP contribution in [0.4, 0.5) is 11.5 Å². The Hall–Kier alpha value is -3.67. The second-order valence-electron chi connectivity index (χ2n) is 7.27. The molecule has 0 bridgehead atoms. The number of rotatable bonds is 5. The summed E-state index contributed by atoms with van der Waals surface area (Å²) >= 11 is 0. The number of carbonyl (C=O) groups is 1. The molecule has 3 aromatic rings. The van der Waals surface area contributed by atoms with Gasteiger partial charge in [-0.1, -0.05) is 35.9 Å². The number of benzene rings is 2. The molecule has 0 unspecified atom stereocenters. The average Bonchev–Trinajstić information content (AvgIpc) is 2.71. The number of methoxy groups -OCH3 is 1. The van der Waals surface area contributed by atoms with Crippen LogP contribution in [0, 0.1) is 20.8 Å². The molecule has 0 fully saturated rings. The Morgan fingerprint density at radius 3 is 2.20 bits per heavy atom. The van der Waals surface area contributed by atoms with Gasteiger partial charge in [-0.05, 0) is 56.5 Å². The van der Waals surface area contributed by atoms with Crippen molar-refractivity contribution >= 4 is 23.0 Å². The lowest BCUT2D eigenvalue weighted by molar-refractivity contribution is 0.0593. The van der Waals surface area contributed by atoms with Crippen LogP contribution in [0.3, 0.4) is 0 Å². The number of carbonyl (C=O) groups excluding carboxylic acids is 1. The number of esters is 1. The van der Waals surface area contributed by atoms with Gasteiger partial charge in [-0.15, -0.1) is 0 Å². The Morgan fingerprint density at radius 1 is 1.00 bits per heavy atom. The van der Waals surface area contributed by atoms with Crippen LogP contribution >= 0.6 is 0 Å². The maximum absolute atomic E-state index is 12.3. The number of nitrogens with zero attached hydrogens (tertiary/aromatic N) is 2. The lowest BCUT2D eigenvalue weighted by Crippen LogP contribution is -2.12. The van der Waals surface area contributed by atoms with Gasteiger partial charge in [0.25, 0.3) is 0 Å². The van der Waals surface area contributed by atoms with Crippen molar-refractivity contribution in [2.24, 2.45) is 5.73 Å². The summed E-state index contributed by atoms with van der Waals surface area (Å²) < 4.78 is 4.90. The largest absolute Gasteiger partial charge is 0.464 e. The molecule has 0 saturated heterocycles. The van der Waals surface area contributed by atoms with Gasteiger partial charge in [0, 0.05) is 23.0 Å². The van der Waals surface area contributed by atoms with Crippen LogP contribution in [-0.2, 0) is 4.74 Å². The minimum atomic E-state index is -0.541. The molecular formula is C24H26N4O2. The number of nitrogens with one attached hydrogen (secondary N) is 1. The van der Waals surface area contributed by atoms with Crippen LogP contribution in [0.1, 0.15) is 45.5 Å². The van der Waals surface area contributed by atoms with Crippen molar-refractivity contribution in [2.75, 3.05) is 12.4 Å². The molecule has 0 aliphatic carbocycles. The van der Waals surface area contributed by atoms with Gasteiger partial charge < -0.3 is 15.8 Å². The second kappa shape index (κ2) is 8.78. The summed E-state index contributed by atoms with van der Waals surface area (Å²) in [5, 5.41) is 3.24. The summed E-state index contributed by atoms with van der Waals surface area (Å²) in [6, 6.07) is 15.5. The van der Waals surface area contributed by atoms with E-state index in [1.807, 2.05) is 70.2 Å². The summed E-state index contributed by atoms with van der Waals surface area (Å²) in [7, 11) is 1.33. The Balaban J connectivity index is 2.18. The van der Waals surface area contributed by atoms with E-state index in [-0.39, 0.29) is 5.69 Å². The van der Waals surface area contributed by atoms with E-state index in [1.54, 1.807) is 6.07 Å². The summed E-state index contributed by atoms with van der Waals surface area (Å²) in [5.74, 6) is 0.306. The molecule has 2 aromatic carbocycles. The van der Waals surface area contributed by atoms with Gasteiger partial charge in [0.05, 0.1) is 7.11 Å². The SMILES string of the molecule is COC(=O)c1cc(Nc2ccc(C)cc2)nc(C(=C(C)N)c2c(C)cccc2C)n1. The van der Waals surface area contributed by atoms with E-state index in [0.717, 1.165) is 27.9 Å². The van der Waals surface area contributed by atoms with E-state index < -0.39 is 5.97 Å². The van der Waals surface area contributed by atoms with Gasteiger partial charge in [-0.3, -0.25) is 0 Å². The molecule has 0 radical (unpaired) electrons. The highest BCUT2D eigenvalue weighted by Gasteiger charge is 2.20. The number of allylic oxidation sites excluding steroid dienone is 1. The summed E-state index contributed by atoms with van der Waals surface area (Å²) in [6.07, 6.45) is 0. The van der Waals surface area contributed by atoms with Gasteiger partial charge in [0.1, 0.15) is 5.82 Å². The molecule has 3 N–H and O–H groups in total. The molecule has 3 rings (SSSR count). The summed E-state index contributed by atoms with van der Waals surface area (Å²) in [4.78, 5) is 21.4. The minimum Gasteiger partial charge on any atom is -0.464 e. The standard InChI is InChI=1S/C24H26N4O2/c1-14-9-11-18(12-10-14)26-20-13-19(24(29)30-5)27-23(28-20)22(17(4)25)21-15(2)7-6-8-16(21)3/h6-13H,25H2,1-5H3,(H,26,27,28). The molecule has 0 saturated carbocycles. The molecule has 0 atom stereocenters. The molecule has 0 aliphatic heterocycles. The molecular weight excluding hydrogens is 376 g/mol. The Labute approximate surface area is 176 Å².